The lowest BCUT2D eigenvalue weighted by Crippen LogP contribution is -2.09. The highest BCUT2D eigenvalue weighted by molar-refractivity contribution is 9.10. The van der Waals surface area contributed by atoms with Crippen LogP contribution in [0.2, 0.25) is 0 Å². The van der Waals surface area contributed by atoms with E-state index in [0.717, 1.165) is 15.6 Å². The van der Waals surface area contributed by atoms with Gasteiger partial charge in [0.1, 0.15) is 0 Å². The first-order valence-corrected chi connectivity index (χ1v) is 6.50. The van der Waals surface area contributed by atoms with Crippen molar-refractivity contribution in [1.82, 2.24) is 0 Å². The summed E-state index contributed by atoms with van der Waals surface area (Å²) in [6.45, 7) is 0. The molecule has 92 valence electrons. The van der Waals surface area contributed by atoms with Gasteiger partial charge in [-0.15, -0.1) is 0 Å². The van der Waals surface area contributed by atoms with Crippen LogP contribution in [0.3, 0.4) is 0 Å². The molecule has 2 aromatic rings. The van der Waals surface area contributed by atoms with Crippen molar-refractivity contribution in [3.05, 3.63) is 76.3 Å². The summed E-state index contributed by atoms with van der Waals surface area (Å²) in [5.74, 6) is 0. The van der Waals surface area contributed by atoms with Crippen molar-refractivity contribution in [3.63, 3.8) is 0 Å². The van der Waals surface area contributed by atoms with Crippen molar-refractivity contribution >= 4 is 21.6 Å². The molecule has 0 aliphatic carbocycles. The zero-order valence-corrected chi connectivity index (χ0v) is 11.5. The summed E-state index contributed by atoms with van der Waals surface area (Å²) in [5.41, 5.74) is 14.9. The van der Waals surface area contributed by atoms with Gasteiger partial charge >= 0.3 is 0 Å². The van der Waals surface area contributed by atoms with Crippen molar-refractivity contribution in [3.8, 4) is 0 Å². The molecule has 2 nitrogen and oxygen atoms in total. The molecular formula is C15H15BrN2. The minimum Gasteiger partial charge on any atom is -0.398 e. The summed E-state index contributed by atoms with van der Waals surface area (Å²) in [5, 5.41) is 0. The van der Waals surface area contributed by atoms with Gasteiger partial charge in [0.15, 0.2) is 0 Å². The Labute approximate surface area is 115 Å². The molecule has 3 heteroatoms. The summed E-state index contributed by atoms with van der Waals surface area (Å²) in [7, 11) is 0. The van der Waals surface area contributed by atoms with Crippen LogP contribution in [-0.2, 0) is 0 Å². The Hall–Kier alpha value is -1.58. The molecule has 2 rings (SSSR count). The SMILES string of the molecule is N/C(=C\C(N)c1ccccc1)c1ccc(Br)cc1. The zero-order valence-electron chi connectivity index (χ0n) is 9.88. The molecule has 0 spiro atoms. The highest BCUT2D eigenvalue weighted by Crippen LogP contribution is 2.18. The van der Waals surface area contributed by atoms with Crippen molar-refractivity contribution in [2.24, 2.45) is 11.5 Å². The van der Waals surface area contributed by atoms with E-state index in [0.29, 0.717) is 5.70 Å². The van der Waals surface area contributed by atoms with E-state index in [1.165, 1.54) is 0 Å². The van der Waals surface area contributed by atoms with Crippen LogP contribution in [0.25, 0.3) is 5.70 Å². The van der Waals surface area contributed by atoms with Gasteiger partial charge in [-0.25, -0.2) is 0 Å². The van der Waals surface area contributed by atoms with Gasteiger partial charge in [0.2, 0.25) is 0 Å². The maximum atomic E-state index is 6.10. The lowest BCUT2D eigenvalue weighted by Gasteiger charge is -2.09. The fourth-order valence-electron chi connectivity index (χ4n) is 1.70. The van der Waals surface area contributed by atoms with Crippen LogP contribution in [0.4, 0.5) is 0 Å². The van der Waals surface area contributed by atoms with Crippen molar-refractivity contribution in [1.29, 1.82) is 0 Å². The van der Waals surface area contributed by atoms with Crippen molar-refractivity contribution in [2.45, 2.75) is 6.04 Å². The Morgan fingerprint density at radius 3 is 2.22 bits per heavy atom. The van der Waals surface area contributed by atoms with Crippen LogP contribution in [0.15, 0.2) is 65.1 Å². The van der Waals surface area contributed by atoms with Crippen LogP contribution in [0.1, 0.15) is 17.2 Å². The monoisotopic (exact) mass is 302 g/mol. The van der Waals surface area contributed by atoms with Gasteiger partial charge in [-0.2, -0.15) is 0 Å². The normalized spacial score (nSPS) is 13.3. The molecule has 1 unspecified atom stereocenters. The number of hydrogen-bond donors (Lipinski definition) is 2. The molecule has 2 aromatic carbocycles. The van der Waals surface area contributed by atoms with E-state index < -0.39 is 0 Å². The third kappa shape index (κ3) is 3.22. The number of nitrogens with two attached hydrogens (primary N) is 2. The third-order valence-corrected chi connectivity index (χ3v) is 3.25. The van der Waals surface area contributed by atoms with E-state index >= 15 is 0 Å². The summed E-state index contributed by atoms with van der Waals surface area (Å²) in [6, 6.07) is 17.6. The smallest absolute Gasteiger partial charge is 0.0504 e. The topological polar surface area (TPSA) is 52.0 Å². The highest BCUT2D eigenvalue weighted by atomic mass is 79.9. The van der Waals surface area contributed by atoms with Gasteiger partial charge in [0.05, 0.1) is 6.04 Å². The Morgan fingerprint density at radius 2 is 1.61 bits per heavy atom. The van der Waals surface area contributed by atoms with Gasteiger partial charge in [0, 0.05) is 10.2 Å². The van der Waals surface area contributed by atoms with E-state index in [1.54, 1.807) is 0 Å². The van der Waals surface area contributed by atoms with Gasteiger partial charge in [-0.1, -0.05) is 58.4 Å². The maximum absolute atomic E-state index is 6.10. The Morgan fingerprint density at radius 1 is 1.00 bits per heavy atom. The molecule has 0 amide bonds. The van der Waals surface area contributed by atoms with Crippen LogP contribution in [0, 0.1) is 0 Å². The van der Waals surface area contributed by atoms with Gasteiger partial charge in [-0.3, -0.25) is 0 Å². The van der Waals surface area contributed by atoms with Crippen LogP contribution >= 0.6 is 15.9 Å². The standard InChI is InChI=1S/C15H15BrN2/c16-13-8-6-12(7-9-13)15(18)10-14(17)11-4-2-1-3-5-11/h1-10,14H,17-18H2/b15-10-. The predicted octanol–water partition coefficient (Wildman–Crippen LogP) is 3.45. The molecule has 0 radical (unpaired) electrons. The predicted molar refractivity (Wildman–Crippen MR) is 79.7 cm³/mol. The number of halogens is 1. The zero-order chi connectivity index (χ0) is 13.0. The minimum atomic E-state index is -0.185. The molecule has 18 heavy (non-hydrogen) atoms. The van der Waals surface area contributed by atoms with Crippen LogP contribution < -0.4 is 11.5 Å². The Kier molecular flexibility index (Phi) is 4.18. The molecule has 0 aliphatic rings. The number of benzene rings is 2. The first kappa shape index (κ1) is 12.9. The number of rotatable bonds is 3. The quantitative estimate of drug-likeness (QED) is 0.912. The molecule has 0 saturated carbocycles. The largest absolute Gasteiger partial charge is 0.398 e. The second-order valence-corrected chi connectivity index (χ2v) is 4.98. The summed E-state index contributed by atoms with van der Waals surface area (Å²) >= 11 is 3.40. The molecule has 0 bridgehead atoms. The van der Waals surface area contributed by atoms with Crippen molar-refractivity contribution in [2.75, 3.05) is 0 Å². The Balaban J connectivity index is 2.20. The molecular weight excluding hydrogens is 288 g/mol. The first-order valence-electron chi connectivity index (χ1n) is 5.70. The van der Waals surface area contributed by atoms with E-state index in [4.69, 9.17) is 11.5 Å². The fourth-order valence-corrected chi connectivity index (χ4v) is 1.97. The van der Waals surface area contributed by atoms with E-state index in [1.807, 2.05) is 60.7 Å². The highest BCUT2D eigenvalue weighted by Gasteiger charge is 2.04. The molecule has 0 heterocycles. The molecule has 1 atom stereocenters. The first-order chi connectivity index (χ1) is 8.66. The summed E-state index contributed by atoms with van der Waals surface area (Å²) in [4.78, 5) is 0. The van der Waals surface area contributed by atoms with Crippen molar-refractivity contribution < 1.29 is 0 Å². The molecule has 4 N–H and O–H groups in total. The Bertz CT molecular complexity index is 532. The van der Waals surface area contributed by atoms with Gasteiger partial charge in [-0.05, 0) is 29.3 Å². The van der Waals surface area contributed by atoms with Gasteiger partial charge < -0.3 is 11.5 Å². The molecule has 0 fully saturated rings. The summed E-state index contributed by atoms with van der Waals surface area (Å²) in [6.07, 6.45) is 1.87. The average molecular weight is 303 g/mol. The fraction of sp³-hybridized carbons (Fsp3) is 0.0667. The molecule has 0 saturated heterocycles. The molecule has 0 aliphatic heterocycles. The van der Waals surface area contributed by atoms with Crippen LogP contribution in [0.5, 0.6) is 0 Å². The minimum absolute atomic E-state index is 0.185. The van der Waals surface area contributed by atoms with E-state index in [2.05, 4.69) is 15.9 Å². The lowest BCUT2D eigenvalue weighted by molar-refractivity contribution is 0.911. The van der Waals surface area contributed by atoms with Gasteiger partial charge in [0.25, 0.3) is 0 Å². The second-order valence-electron chi connectivity index (χ2n) is 4.07. The second kappa shape index (κ2) is 5.85. The van der Waals surface area contributed by atoms with E-state index in [9.17, 15) is 0 Å². The number of hydrogen-bond acceptors (Lipinski definition) is 2. The average Bonchev–Trinajstić information content (AvgIpc) is 2.40. The third-order valence-electron chi connectivity index (χ3n) is 2.72. The maximum Gasteiger partial charge on any atom is 0.0504 e. The molecule has 0 aromatic heterocycles. The van der Waals surface area contributed by atoms with Crippen LogP contribution in [-0.4, -0.2) is 0 Å². The summed E-state index contributed by atoms with van der Waals surface area (Å²) < 4.78 is 1.03. The lowest BCUT2D eigenvalue weighted by atomic mass is 10.0. The van der Waals surface area contributed by atoms with E-state index in [-0.39, 0.29) is 6.04 Å².